The summed E-state index contributed by atoms with van der Waals surface area (Å²) >= 11 is 0. The Hall–Kier alpha value is -1.90. The van der Waals surface area contributed by atoms with E-state index in [-0.39, 0.29) is 18.9 Å². The monoisotopic (exact) mass is 311 g/mol. The third kappa shape index (κ3) is 2.99. The van der Waals surface area contributed by atoms with Gasteiger partial charge in [-0.15, -0.1) is 0 Å². The maximum absolute atomic E-state index is 14.3. The molecule has 120 valence electrons. The molecular weight excluding hydrogens is 293 g/mol. The van der Waals surface area contributed by atoms with Gasteiger partial charge in [0.15, 0.2) is 0 Å². The number of morpholine rings is 1. The molecule has 2 saturated heterocycles. The van der Waals surface area contributed by atoms with E-state index in [4.69, 9.17) is 14.7 Å². The van der Waals surface area contributed by atoms with E-state index >= 15 is 0 Å². The zero-order valence-electron chi connectivity index (χ0n) is 12.0. The summed E-state index contributed by atoms with van der Waals surface area (Å²) in [6, 6.07) is 4.70. The molecule has 0 aromatic heterocycles. The molecule has 8 heteroatoms. The molecule has 22 heavy (non-hydrogen) atoms. The highest BCUT2D eigenvalue weighted by Crippen LogP contribution is 2.28. The summed E-state index contributed by atoms with van der Waals surface area (Å²) in [6.07, 6.45) is -1.00. The van der Waals surface area contributed by atoms with Crippen LogP contribution in [0.3, 0.4) is 0 Å². The van der Waals surface area contributed by atoms with E-state index in [0.717, 1.165) is 0 Å². The Kier molecular flexibility index (Phi) is 4.41. The fraction of sp³-hybridized carbons (Fsp3) is 0.500. The van der Waals surface area contributed by atoms with Gasteiger partial charge in [-0.2, -0.15) is 0 Å². The van der Waals surface area contributed by atoms with Crippen molar-refractivity contribution >= 4 is 17.5 Å². The van der Waals surface area contributed by atoms with Crippen LogP contribution in [0.15, 0.2) is 18.2 Å². The number of amides is 1. The summed E-state index contributed by atoms with van der Waals surface area (Å²) in [5.41, 5.74) is 2.92. The summed E-state index contributed by atoms with van der Waals surface area (Å²) in [5, 5.41) is 8.66. The summed E-state index contributed by atoms with van der Waals surface area (Å²) in [6.45, 7) is 2.85. The number of nitrogens with one attached hydrogen (secondary N) is 1. The number of benzene rings is 1. The van der Waals surface area contributed by atoms with Gasteiger partial charge in [0.1, 0.15) is 11.9 Å². The van der Waals surface area contributed by atoms with Gasteiger partial charge in [-0.05, 0) is 18.2 Å². The Bertz CT molecular complexity index is 551. The number of anilines is 2. The molecule has 0 saturated carbocycles. The number of carbonyl (C=O) groups is 1. The first-order valence-corrected chi connectivity index (χ1v) is 7.16. The molecule has 3 rings (SSSR count). The molecule has 0 spiro atoms. The summed E-state index contributed by atoms with van der Waals surface area (Å²) in [4.78, 5) is 15.1. The Labute approximate surface area is 127 Å². The van der Waals surface area contributed by atoms with Crippen LogP contribution in [0.25, 0.3) is 0 Å². The van der Waals surface area contributed by atoms with Gasteiger partial charge in [-0.3, -0.25) is 4.90 Å². The minimum Gasteiger partial charge on any atom is -0.442 e. The summed E-state index contributed by atoms with van der Waals surface area (Å²) in [5.74, 6) is -0.379. The number of carbonyl (C=O) groups excluding carboxylic acids is 1. The van der Waals surface area contributed by atoms with Crippen molar-refractivity contribution in [3.63, 3.8) is 0 Å². The molecule has 0 unspecified atom stereocenters. The van der Waals surface area contributed by atoms with Crippen molar-refractivity contribution in [2.45, 2.75) is 6.10 Å². The average molecular weight is 311 g/mol. The van der Waals surface area contributed by atoms with Gasteiger partial charge in [0.2, 0.25) is 0 Å². The first-order chi connectivity index (χ1) is 10.7. The van der Waals surface area contributed by atoms with Crippen LogP contribution < -0.4 is 15.3 Å². The zero-order valence-corrected chi connectivity index (χ0v) is 12.0. The molecule has 2 aliphatic rings. The second-order valence-electron chi connectivity index (χ2n) is 5.21. The molecule has 2 aliphatic heterocycles. The van der Waals surface area contributed by atoms with Gasteiger partial charge in [-0.25, -0.2) is 14.7 Å². The number of hydrogen-bond donors (Lipinski definition) is 2. The molecule has 0 bridgehead atoms. The molecule has 2 heterocycles. The van der Waals surface area contributed by atoms with Gasteiger partial charge in [0, 0.05) is 13.1 Å². The second-order valence-corrected chi connectivity index (χ2v) is 5.21. The van der Waals surface area contributed by atoms with E-state index in [1.165, 1.54) is 11.0 Å². The van der Waals surface area contributed by atoms with Crippen molar-refractivity contribution in [2.75, 3.05) is 49.2 Å². The average Bonchev–Trinajstić information content (AvgIpc) is 2.89. The number of hydrogen-bond acceptors (Lipinski definition) is 6. The summed E-state index contributed by atoms with van der Waals surface area (Å²) in [7, 11) is 0. The van der Waals surface area contributed by atoms with Gasteiger partial charge in [-0.1, -0.05) is 0 Å². The number of hydroxylamine groups is 1. The first kappa shape index (κ1) is 15.0. The molecule has 2 N–H and O–H groups in total. The molecule has 1 aromatic carbocycles. The van der Waals surface area contributed by atoms with Gasteiger partial charge >= 0.3 is 6.09 Å². The van der Waals surface area contributed by atoms with Crippen molar-refractivity contribution in [1.82, 2.24) is 5.48 Å². The molecule has 0 aliphatic carbocycles. The highest BCUT2D eigenvalue weighted by atomic mass is 19.1. The van der Waals surface area contributed by atoms with Crippen LogP contribution in [0, 0.1) is 5.82 Å². The number of halogens is 1. The fourth-order valence-corrected chi connectivity index (χ4v) is 2.66. The van der Waals surface area contributed by atoms with Gasteiger partial charge in [0.25, 0.3) is 0 Å². The fourth-order valence-electron chi connectivity index (χ4n) is 2.66. The lowest BCUT2D eigenvalue weighted by atomic mass is 10.2. The molecular formula is C14H18FN3O4. The molecule has 2 fully saturated rings. The lowest BCUT2D eigenvalue weighted by Gasteiger charge is -2.29. The topological polar surface area (TPSA) is 74.3 Å². The van der Waals surface area contributed by atoms with Crippen LogP contribution in [0.1, 0.15) is 0 Å². The number of cyclic esters (lactones) is 1. The van der Waals surface area contributed by atoms with E-state index in [2.05, 4.69) is 0 Å². The third-order valence-electron chi connectivity index (χ3n) is 3.79. The van der Waals surface area contributed by atoms with Crippen molar-refractivity contribution in [3.05, 3.63) is 24.0 Å². The predicted molar refractivity (Wildman–Crippen MR) is 76.8 cm³/mol. The van der Waals surface area contributed by atoms with Crippen molar-refractivity contribution in [2.24, 2.45) is 0 Å². The molecule has 1 atom stereocenters. The Balaban J connectivity index is 1.75. The molecule has 1 aromatic rings. The van der Waals surface area contributed by atoms with E-state index in [9.17, 15) is 9.18 Å². The van der Waals surface area contributed by atoms with Crippen LogP contribution >= 0.6 is 0 Å². The lowest BCUT2D eigenvalue weighted by Crippen LogP contribution is -2.36. The summed E-state index contributed by atoms with van der Waals surface area (Å²) < 4.78 is 24.7. The number of ether oxygens (including phenoxy) is 2. The SMILES string of the molecule is O=C1O[C@@H](CNO)CN1c1ccc(N2CCOCC2)c(F)c1. The maximum atomic E-state index is 14.3. The Morgan fingerprint density at radius 1 is 1.36 bits per heavy atom. The lowest BCUT2D eigenvalue weighted by molar-refractivity contribution is 0.0937. The minimum atomic E-state index is -0.543. The van der Waals surface area contributed by atoms with E-state index < -0.39 is 12.2 Å². The second kappa shape index (κ2) is 6.47. The minimum absolute atomic E-state index is 0.135. The third-order valence-corrected chi connectivity index (χ3v) is 3.79. The standard InChI is InChI=1S/C14H18FN3O4/c15-12-7-10(18-9-11(8-16-20)22-14(18)19)1-2-13(12)17-3-5-21-6-4-17/h1-2,7,11,16,20H,3-6,8-9H2/t11-/m0/s1. The predicted octanol–water partition coefficient (Wildman–Crippen LogP) is 0.966. The normalized spacial score (nSPS) is 22.1. The van der Waals surface area contributed by atoms with Crippen molar-refractivity contribution in [1.29, 1.82) is 0 Å². The van der Waals surface area contributed by atoms with Crippen LogP contribution in [0.4, 0.5) is 20.6 Å². The number of nitrogens with zero attached hydrogens (tertiary/aromatic N) is 2. The molecule has 7 nitrogen and oxygen atoms in total. The highest BCUT2D eigenvalue weighted by molar-refractivity contribution is 5.90. The smallest absolute Gasteiger partial charge is 0.414 e. The molecule has 1 amide bonds. The van der Waals surface area contributed by atoms with E-state index in [0.29, 0.717) is 37.7 Å². The van der Waals surface area contributed by atoms with Crippen molar-refractivity contribution in [3.8, 4) is 0 Å². The van der Waals surface area contributed by atoms with Crippen LogP contribution in [-0.4, -0.2) is 56.8 Å². The zero-order chi connectivity index (χ0) is 15.5. The highest BCUT2D eigenvalue weighted by Gasteiger charge is 2.32. The maximum Gasteiger partial charge on any atom is 0.414 e. The van der Waals surface area contributed by atoms with Crippen LogP contribution in [0.2, 0.25) is 0 Å². The molecule has 0 radical (unpaired) electrons. The van der Waals surface area contributed by atoms with Gasteiger partial charge in [0.05, 0.1) is 37.7 Å². The Morgan fingerprint density at radius 3 is 2.82 bits per heavy atom. The van der Waals surface area contributed by atoms with E-state index in [1.54, 1.807) is 12.1 Å². The van der Waals surface area contributed by atoms with Crippen LogP contribution in [-0.2, 0) is 9.47 Å². The quantitative estimate of drug-likeness (QED) is 0.807. The number of rotatable bonds is 4. The Morgan fingerprint density at radius 2 is 2.14 bits per heavy atom. The van der Waals surface area contributed by atoms with Crippen LogP contribution in [0.5, 0.6) is 0 Å². The largest absolute Gasteiger partial charge is 0.442 e. The van der Waals surface area contributed by atoms with Gasteiger partial charge < -0.3 is 19.6 Å². The van der Waals surface area contributed by atoms with E-state index in [1.807, 2.05) is 10.4 Å². The van der Waals surface area contributed by atoms with Crippen molar-refractivity contribution < 1.29 is 23.9 Å². The first-order valence-electron chi connectivity index (χ1n) is 7.16.